The minimum Gasteiger partial charge on any atom is -0.378 e. The summed E-state index contributed by atoms with van der Waals surface area (Å²) in [6.07, 6.45) is 9.82. The van der Waals surface area contributed by atoms with Gasteiger partial charge in [-0.2, -0.15) is 0 Å². The molecular weight excluding hydrogens is 258 g/mol. The van der Waals surface area contributed by atoms with Crippen molar-refractivity contribution in [1.82, 2.24) is 5.32 Å². The Bertz CT molecular complexity index is 315. The Morgan fingerprint density at radius 1 is 1.42 bits per heavy atom. The van der Waals surface area contributed by atoms with Crippen molar-refractivity contribution in [2.45, 2.75) is 69.8 Å². The van der Waals surface area contributed by atoms with E-state index in [1.807, 2.05) is 0 Å². The van der Waals surface area contributed by atoms with E-state index in [0.29, 0.717) is 22.8 Å². The lowest BCUT2D eigenvalue weighted by Crippen LogP contribution is -2.62. The second-order valence-electron chi connectivity index (χ2n) is 6.22. The molecule has 3 nitrogen and oxygen atoms in total. The molecule has 0 amide bonds. The Morgan fingerprint density at radius 2 is 2.11 bits per heavy atom. The van der Waals surface area contributed by atoms with E-state index in [1.165, 1.54) is 25.7 Å². The van der Waals surface area contributed by atoms with Crippen LogP contribution in [-0.2, 0) is 15.5 Å². The summed E-state index contributed by atoms with van der Waals surface area (Å²) < 4.78 is 17.3. The lowest BCUT2D eigenvalue weighted by Gasteiger charge is -2.54. The summed E-state index contributed by atoms with van der Waals surface area (Å²) in [5.41, 5.74) is 0.421. The molecule has 2 rings (SSSR count). The molecule has 19 heavy (non-hydrogen) atoms. The van der Waals surface area contributed by atoms with Gasteiger partial charge in [0.05, 0.1) is 6.10 Å². The Kier molecular flexibility index (Phi) is 5.44. The van der Waals surface area contributed by atoms with Gasteiger partial charge in [-0.1, -0.05) is 19.8 Å². The standard InChI is InChI=1S/C15H29NO2S/c1-4-18-14-11-13(15(14)8-5-6-9-15)16-10-7-12(2)19(3)17/h12-14,16H,4-11H2,1-3H3. The van der Waals surface area contributed by atoms with Gasteiger partial charge in [-0.05, 0) is 39.2 Å². The van der Waals surface area contributed by atoms with Crippen molar-refractivity contribution in [3.63, 3.8) is 0 Å². The van der Waals surface area contributed by atoms with Gasteiger partial charge in [0.25, 0.3) is 0 Å². The van der Waals surface area contributed by atoms with Gasteiger partial charge < -0.3 is 10.1 Å². The van der Waals surface area contributed by atoms with Crippen LogP contribution in [0, 0.1) is 5.41 Å². The highest BCUT2D eigenvalue weighted by Crippen LogP contribution is 2.54. The van der Waals surface area contributed by atoms with Gasteiger partial charge in [0.1, 0.15) is 0 Å². The fraction of sp³-hybridized carbons (Fsp3) is 1.00. The molecule has 0 bridgehead atoms. The largest absolute Gasteiger partial charge is 0.378 e. The second-order valence-corrected chi connectivity index (χ2v) is 8.03. The second kappa shape index (κ2) is 6.68. The maximum absolute atomic E-state index is 11.4. The smallest absolute Gasteiger partial charge is 0.0661 e. The van der Waals surface area contributed by atoms with Gasteiger partial charge in [-0.25, -0.2) is 0 Å². The first kappa shape index (κ1) is 15.5. The van der Waals surface area contributed by atoms with E-state index >= 15 is 0 Å². The Balaban J connectivity index is 1.79. The first-order valence-corrected chi connectivity index (χ1v) is 9.39. The van der Waals surface area contributed by atoms with Crippen LogP contribution in [0.2, 0.25) is 0 Å². The lowest BCUT2D eigenvalue weighted by atomic mass is 9.60. The molecule has 2 aliphatic carbocycles. The molecule has 0 aromatic rings. The molecule has 2 fully saturated rings. The van der Waals surface area contributed by atoms with Crippen LogP contribution in [0.3, 0.4) is 0 Å². The Labute approximate surface area is 120 Å². The molecule has 0 aliphatic heterocycles. The van der Waals surface area contributed by atoms with Gasteiger partial charge in [0.2, 0.25) is 0 Å². The molecule has 2 saturated carbocycles. The summed E-state index contributed by atoms with van der Waals surface area (Å²) >= 11 is 0. The normalized spacial score (nSPS) is 32.2. The summed E-state index contributed by atoms with van der Waals surface area (Å²) in [5.74, 6) is 0. The summed E-state index contributed by atoms with van der Waals surface area (Å²) in [6, 6.07) is 0.629. The summed E-state index contributed by atoms with van der Waals surface area (Å²) in [7, 11) is -0.694. The third kappa shape index (κ3) is 3.22. The van der Waals surface area contributed by atoms with Gasteiger partial charge in [0.15, 0.2) is 0 Å². The zero-order valence-corrected chi connectivity index (χ0v) is 13.4. The zero-order valence-electron chi connectivity index (χ0n) is 12.6. The fourth-order valence-corrected chi connectivity index (χ4v) is 4.25. The average molecular weight is 287 g/mol. The van der Waals surface area contributed by atoms with Crippen LogP contribution in [-0.4, -0.2) is 41.0 Å². The predicted octanol–water partition coefficient (Wildman–Crippen LogP) is 2.47. The van der Waals surface area contributed by atoms with Gasteiger partial charge in [0, 0.05) is 40.4 Å². The van der Waals surface area contributed by atoms with Crippen LogP contribution in [0.4, 0.5) is 0 Å². The summed E-state index contributed by atoms with van der Waals surface area (Å²) in [4.78, 5) is 0. The van der Waals surface area contributed by atoms with Crippen molar-refractivity contribution in [2.24, 2.45) is 5.41 Å². The van der Waals surface area contributed by atoms with E-state index < -0.39 is 10.8 Å². The minimum absolute atomic E-state index is 0.301. The molecule has 4 atom stereocenters. The number of rotatable bonds is 7. The highest BCUT2D eigenvalue weighted by atomic mass is 32.2. The lowest BCUT2D eigenvalue weighted by molar-refractivity contribution is -0.130. The van der Waals surface area contributed by atoms with Crippen molar-refractivity contribution in [3.05, 3.63) is 0 Å². The number of hydrogen-bond donors (Lipinski definition) is 1. The van der Waals surface area contributed by atoms with E-state index in [2.05, 4.69) is 19.2 Å². The molecular formula is C15H29NO2S. The molecule has 2 aliphatic rings. The molecule has 4 unspecified atom stereocenters. The van der Waals surface area contributed by atoms with Gasteiger partial charge in [-0.3, -0.25) is 4.21 Å². The molecule has 1 N–H and O–H groups in total. The van der Waals surface area contributed by atoms with Gasteiger partial charge in [-0.15, -0.1) is 0 Å². The predicted molar refractivity (Wildman–Crippen MR) is 80.9 cm³/mol. The van der Waals surface area contributed by atoms with Crippen LogP contribution >= 0.6 is 0 Å². The Hall–Kier alpha value is 0.0700. The van der Waals surface area contributed by atoms with Crippen LogP contribution in [0.15, 0.2) is 0 Å². The van der Waals surface area contributed by atoms with Crippen molar-refractivity contribution in [2.75, 3.05) is 19.4 Å². The Morgan fingerprint density at radius 3 is 2.68 bits per heavy atom. The van der Waals surface area contributed by atoms with Crippen LogP contribution in [0.1, 0.15) is 52.4 Å². The first-order chi connectivity index (χ1) is 9.10. The maximum Gasteiger partial charge on any atom is 0.0661 e. The van der Waals surface area contributed by atoms with Crippen LogP contribution < -0.4 is 5.32 Å². The molecule has 0 radical (unpaired) electrons. The van der Waals surface area contributed by atoms with Crippen LogP contribution in [0.5, 0.6) is 0 Å². The van der Waals surface area contributed by atoms with Gasteiger partial charge >= 0.3 is 0 Å². The topological polar surface area (TPSA) is 38.3 Å². The molecule has 0 aromatic heterocycles. The van der Waals surface area contributed by atoms with Crippen molar-refractivity contribution >= 4 is 10.8 Å². The molecule has 112 valence electrons. The summed E-state index contributed by atoms with van der Waals surface area (Å²) in [5, 5.41) is 4.01. The number of hydrogen-bond acceptors (Lipinski definition) is 3. The zero-order chi connectivity index (χ0) is 13.9. The fourth-order valence-electron chi connectivity index (χ4n) is 3.80. The molecule has 0 heterocycles. The van der Waals surface area contributed by atoms with E-state index in [1.54, 1.807) is 6.26 Å². The van der Waals surface area contributed by atoms with Crippen molar-refractivity contribution in [1.29, 1.82) is 0 Å². The third-order valence-corrected chi connectivity index (χ3v) is 6.56. The monoisotopic (exact) mass is 287 g/mol. The van der Waals surface area contributed by atoms with E-state index in [9.17, 15) is 4.21 Å². The van der Waals surface area contributed by atoms with Crippen molar-refractivity contribution < 1.29 is 8.95 Å². The molecule has 0 aromatic carbocycles. The van der Waals surface area contributed by atoms with Crippen molar-refractivity contribution in [3.8, 4) is 0 Å². The third-order valence-electron chi connectivity index (χ3n) is 5.20. The minimum atomic E-state index is -0.694. The molecule has 4 heteroatoms. The highest BCUT2D eigenvalue weighted by Gasteiger charge is 2.56. The number of nitrogens with one attached hydrogen (secondary N) is 1. The quantitative estimate of drug-likeness (QED) is 0.782. The number of ether oxygens (including phenoxy) is 1. The SMILES string of the molecule is CCOC1CC(NCCC(C)S(C)=O)C12CCCC2. The van der Waals surface area contributed by atoms with E-state index in [0.717, 1.165) is 26.0 Å². The maximum atomic E-state index is 11.4. The first-order valence-electron chi connectivity index (χ1n) is 7.77. The van der Waals surface area contributed by atoms with E-state index in [-0.39, 0.29) is 0 Å². The van der Waals surface area contributed by atoms with E-state index in [4.69, 9.17) is 4.74 Å². The van der Waals surface area contributed by atoms with Crippen LogP contribution in [0.25, 0.3) is 0 Å². The average Bonchev–Trinajstić information content (AvgIpc) is 2.88. The highest BCUT2D eigenvalue weighted by molar-refractivity contribution is 7.84. The molecule has 0 saturated heterocycles. The molecule has 1 spiro atoms. The summed E-state index contributed by atoms with van der Waals surface area (Å²) in [6.45, 7) is 6.01.